The van der Waals surface area contributed by atoms with Crippen molar-refractivity contribution in [3.05, 3.63) is 65.9 Å². The maximum absolute atomic E-state index is 13.2. The molecule has 0 fully saturated rings. The van der Waals surface area contributed by atoms with E-state index in [9.17, 15) is 13.2 Å². The van der Waals surface area contributed by atoms with E-state index in [1.807, 2.05) is 30.3 Å². The number of fused-ring (bicyclic) bond motifs is 1. The standard InChI is InChI=1S/C18H14F3NO/c1-23-11-13-10-22-17-14(8-5-9-15(17)18(19,20)21)16(13)12-6-3-2-4-7-12/h2-10H,11H2,1H3. The lowest BCUT2D eigenvalue weighted by Gasteiger charge is -2.15. The molecule has 0 aliphatic heterocycles. The van der Waals surface area contributed by atoms with E-state index < -0.39 is 11.7 Å². The summed E-state index contributed by atoms with van der Waals surface area (Å²) in [6, 6.07) is 13.4. The highest BCUT2D eigenvalue weighted by atomic mass is 19.4. The zero-order valence-electron chi connectivity index (χ0n) is 12.4. The van der Waals surface area contributed by atoms with Crippen LogP contribution in [0.1, 0.15) is 11.1 Å². The zero-order valence-corrected chi connectivity index (χ0v) is 12.4. The molecule has 3 aromatic rings. The molecular formula is C18H14F3NO. The summed E-state index contributed by atoms with van der Waals surface area (Å²) in [6.07, 6.45) is -2.98. The van der Waals surface area contributed by atoms with Crippen LogP contribution in [-0.2, 0) is 17.5 Å². The topological polar surface area (TPSA) is 22.1 Å². The van der Waals surface area contributed by atoms with E-state index >= 15 is 0 Å². The van der Waals surface area contributed by atoms with Crippen molar-refractivity contribution in [2.24, 2.45) is 0 Å². The van der Waals surface area contributed by atoms with Crippen molar-refractivity contribution in [2.45, 2.75) is 12.8 Å². The van der Waals surface area contributed by atoms with Gasteiger partial charge >= 0.3 is 6.18 Å². The minimum absolute atomic E-state index is 0.0429. The maximum atomic E-state index is 13.2. The van der Waals surface area contributed by atoms with Crippen LogP contribution in [0.15, 0.2) is 54.7 Å². The molecule has 0 aliphatic carbocycles. The Morgan fingerprint density at radius 2 is 1.74 bits per heavy atom. The van der Waals surface area contributed by atoms with Crippen molar-refractivity contribution < 1.29 is 17.9 Å². The van der Waals surface area contributed by atoms with E-state index in [2.05, 4.69) is 4.98 Å². The molecule has 118 valence electrons. The number of hydrogen-bond acceptors (Lipinski definition) is 2. The third-order valence-electron chi connectivity index (χ3n) is 3.64. The quantitative estimate of drug-likeness (QED) is 0.673. The Balaban J connectivity index is 2.36. The predicted molar refractivity (Wildman–Crippen MR) is 82.9 cm³/mol. The summed E-state index contributed by atoms with van der Waals surface area (Å²) in [6.45, 7) is 0.281. The minimum Gasteiger partial charge on any atom is -0.380 e. The second-order valence-corrected chi connectivity index (χ2v) is 5.16. The van der Waals surface area contributed by atoms with Crippen molar-refractivity contribution in [3.63, 3.8) is 0 Å². The molecule has 0 saturated carbocycles. The van der Waals surface area contributed by atoms with Gasteiger partial charge in [0.2, 0.25) is 0 Å². The van der Waals surface area contributed by atoms with E-state index in [0.29, 0.717) is 5.39 Å². The fraction of sp³-hybridized carbons (Fsp3) is 0.167. The van der Waals surface area contributed by atoms with Crippen molar-refractivity contribution in [1.82, 2.24) is 4.98 Å². The molecule has 0 aliphatic rings. The third kappa shape index (κ3) is 2.92. The van der Waals surface area contributed by atoms with Crippen molar-refractivity contribution in [3.8, 4) is 11.1 Å². The SMILES string of the molecule is COCc1cnc2c(C(F)(F)F)cccc2c1-c1ccccc1. The molecule has 23 heavy (non-hydrogen) atoms. The lowest BCUT2D eigenvalue weighted by atomic mass is 9.95. The number of benzene rings is 2. The van der Waals surface area contributed by atoms with Gasteiger partial charge in [-0.3, -0.25) is 4.98 Å². The first-order chi connectivity index (χ1) is 11.0. The first kappa shape index (κ1) is 15.5. The molecule has 0 saturated heterocycles. The Morgan fingerprint density at radius 1 is 1.00 bits per heavy atom. The van der Waals surface area contributed by atoms with Crippen LogP contribution >= 0.6 is 0 Å². The van der Waals surface area contributed by atoms with E-state index in [0.717, 1.165) is 22.8 Å². The molecule has 0 N–H and O–H groups in total. The van der Waals surface area contributed by atoms with E-state index in [1.165, 1.54) is 12.3 Å². The predicted octanol–water partition coefficient (Wildman–Crippen LogP) is 5.07. The monoisotopic (exact) mass is 317 g/mol. The highest BCUT2D eigenvalue weighted by Gasteiger charge is 2.33. The van der Waals surface area contributed by atoms with Gasteiger partial charge in [-0.15, -0.1) is 0 Å². The second-order valence-electron chi connectivity index (χ2n) is 5.16. The molecule has 0 atom stereocenters. The Labute approximate surface area is 131 Å². The Kier molecular flexibility index (Phi) is 4.05. The summed E-state index contributed by atoms with van der Waals surface area (Å²) in [7, 11) is 1.55. The molecule has 0 unspecified atom stereocenters. The average Bonchev–Trinajstić information content (AvgIpc) is 2.54. The highest BCUT2D eigenvalue weighted by molar-refractivity contribution is 5.97. The molecule has 0 bridgehead atoms. The van der Waals surface area contributed by atoms with Crippen LogP contribution < -0.4 is 0 Å². The number of hydrogen-bond donors (Lipinski definition) is 0. The van der Waals surface area contributed by atoms with Crippen LogP contribution in [0.5, 0.6) is 0 Å². The number of halogens is 3. The first-order valence-corrected chi connectivity index (χ1v) is 7.04. The molecule has 5 heteroatoms. The molecule has 2 aromatic carbocycles. The number of nitrogens with zero attached hydrogens (tertiary/aromatic N) is 1. The van der Waals surface area contributed by atoms with E-state index in [4.69, 9.17) is 4.74 Å². The molecule has 2 nitrogen and oxygen atoms in total. The molecular weight excluding hydrogens is 303 g/mol. The van der Waals surface area contributed by atoms with Gasteiger partial charge < -0.3 is 4.74 Å². The van der Waals surface area contributed by atoms with Gasteiger partial charge in [-0.05, 0) is 17.2 Å². The number of methoxy groups -OCH3 is 1. The second kappa shape index (κ2) is 6.01. The number of ether oxygens (including phenoxy) is 1. The summed E-state index contributed by atoms with van der Waals surface area (Å²) in [4.78, 5) is 4.05. The maximum Gasteiger partial charge on any atom is 0.418 e. The van der Waals surface area contributed by atoms with Crippen LogP contribution in [0.2, 0.25) is 0 Å². The summed E-state index contributed by atoms with van der Waals surface area (Å²) in [5.41, 5.74) is 1.55. The van der Waals surface area contributed by atoms with Crippen LogP contribution in [0.25, 0.3) is 22.0 Å². The van der Waals surface area contributed by atoms with Gasteiger partial charge in [0.15, 0.2) is 0 Å². The van der Waals surface area contributed by atoms with Crippen LogP contribution in [0, 0.1) is 0 Å². The number of pyridine rings is 1. The fourth-order valence-electron chi connectivity index (χ4n) is 2.70. The Morgan fingerprint density at radius 3 is 2.39 bits per heavy atom. The summed E-state index contributed by atoms with van der Waals surface area (Å²) in [5, 5.41) is 0.473. The molecule has 1 aromatic heterocycles. The smallest absolute Gasteiger partial charge is 0.380 e. The van der Waals surface area contributed by atoms with E-state index in [-0.39, 0.29) is 12.1 Å². The largest absolute Gasteiger partial charge is 0.418 e. The van der Waals surface area contributed by atoms with Crippen molar-refractivity contribution in [2.75, 3.05) is 7.11 Å². The lowest BCUT2D eigenvalue weighted by molar-refractivity contribution is -0.136. The van der Waals surface area contributed by atoms with Gasteiger partial charge in [0.25, 0.3) is 0 Å². The molecule has 0 radical (unpaired) electrons. The van der Waals surface area contributed by atoms with E-state index in [1.54, 1.807) is 13.2 Å². The zero-order chi connectivity index (χ0) is 16.4. The van der Waals surface area contributed by atoms with Crippen molar-refractivity contribution >= 4 is 10.9 Å². The van der Waals surface area contributed by atoms with Gasteiger partial charge in [0, 0.05) is 24.3 Å². The van der Waals surface area contributed by atoms with Crippen LogP contribution in [0.4, 0.5) is 13.2 Å². The van der Waals surface area contributed by atoms with Gasteiger partial charge in [-0.1, -0.05) is 42.5 Å². The summed E-state index contributed by atoms with van der Waals surface area (Å²) in [5.74, 6) is 0. The lowest BCUT2D eigenvalue weighted by Crippen LogP contribution is -2.07. The highest BCUT2D eigenvalue weighted by Crippen LogP contribution is 2.38. The molecule has 0 amide bonds. The van der Waals surface area contributed by atoms with Crippen LogP contribution in [-0.4, -0.2) is 12.1 Å². The van der Waals surface area contributed by atoms with Gasteiger partial charge in [0.05, 0.1) is 17.7 Å². The summed E-state index contributed by atoms with van der Waals surface area (Å²) < 4.78 is 44.9. The molecule has 3 rings (SSSR count). The summed E-state index contributed by atoms with van der Waals surface area (Å²) >= 11 is 0. The van der Waals surface area contributed by atoms with Crippen LogP contribution in [0.3, 0.4) is 0 Å². The Bertz CT molecular complexity index is 829. The van der Waals surface area contributed by atoms with Gasteiger partial charge in [0.1, 0.15) is 0 Å². The molecule has 0 spiro atoms. The minimum atomic E-state index is -4.44. The molecule has 1 heterocycles. The third-order valence-corrected chi connectivity index (χ3v) is 3.64. The van der Waals surface area contributed by atoms with Gasteiger partial charge in [-0.25, -0.2) is 0 Å². The first-order valence-electron chi connectivity index (χ1n) is 7.04. The fourth-order valence-corrected chi connectivity index (χ4v) is 2.70. The normalized spacial score (nSPS) is 11.8. The number of alkyl halides is 3. The Hall–Kier alpha value is -2.40. The number of rotatable bonds is 3. The number of para-hydroxylation sites is 1. The van der Waals surface area contributed by atoms with Crippen molar-refractivity contribution in [1.29, 1.82) is 0 Å². The average molecular weight is 317 g/mol. The van der Waals surface area contributed by atoms with Gasteiger partial charge in [-0.2, -0.15) is 13.2 Å². The number of aromatic nitrogens is 1.